The van der Waals surface area contributed by atoms with Crippen molar-refractivity contribution in [3.8, 4) is 0 Å². The highest BCUT2D eigenvalue weighted by molar-refractivity contribution is 7.89. The summed E-state index contributed by atoms with van der Waals surface area (Å²) in [6.07, 6.45) is 7.43. The maximum absolute atomic E-state index is 12.5. The molecule has 22 heavy (non-hydrogen) atoms. The molecule has 2 fully saturated rings. The first-order chi connectivity index (χ1) is 10.6. The summed E-state index contributed by atoms with van der Waals surface area (Å²) >= 11 is 1.21. The van der Waals surface area contributed by atoms with Gasteiger partial charge in [0.25, 0.3) is 5.91 Å². The molecule has 2 heterocycles. The summed E-state index contributed by atoms with van der Waals surface area (Å²) in [6.45, 7) is 1.17. The quantitative estimate of drug-likeness (QED) is 0.914. The van der Waals surface area contributed by atoms with Gasteiger partial charge in [0, 0.05) is 24.5 Å². The average Bonchev–Trinajstić information content (AvgIpc) is 3.20. The summed E-state index contributed by atoms with van der Waals surface area (Å²) in [5.74, 6) is -0.139. The van der Waals surface area contributed by atoms with Crippen LogP contribution in [0.2, 0.25) is 0 Å². The number of nitrogens with zero attached hydrogens (tertiary/aromatic N) is 1. The van der Waals surface area contributed by atoms with Crippen molar-refractivity contribution in [1.82, 2.24) is 9.62 Å². The molecule has 3 rings (SSSR count). The summed E-state index contributed by atoms with van der Waals surface area (Å²) < 4.78 is 26.4. The predicted molar refractivity (Wildman–Crippen MR) is 86.7 cm³/mol. The Labute approximate surface area is 135 Å². The number of rotatable bonds is 4. The first-order valence-electron chi connectivity index (χ1n) is 7.97. The fourth-order valence-corrected chi connectivity index (χ4v) is 5.84. The van der Waals surface area contributed by atoms with Crippen LogP contribution in [0.1, 0.15) is 54.6 Å². The van der Waals surface area contributed by atoms with Crippen molar-refractivity contribution >= 4 is 27.3 Å². The molecule has 0 aromatic carbocycles. The predicted octanol–water partition coefficient (Wildman–Crippen LogP) is 2.60. The van der Waals surface area contributed by atoms with Crippen LogP contribution in [-0.4, -0.2) is 37.8 Å². The normalized spacial score (nSPS) is 21.1. The summed E-state index contributed by atoms with van der Waals surface area (Å²) in [7, 11) is -3.42. The minimum atomic E-state index is -3.42. The second kappa shape index (κ2) is 6.68. The minimum absolute atomic E-state index is 0.139. The zero-order valence-corrected chi connectivity index (χ0v) is 14.2. The first kappa shape index (κ1) is 16.0. The van der Waals surface area contributed by atoms with Crippen LogP contribution in [0.5, 0.6) is 0 Å². The lowest BCUT2D eigenvalue weighted by molar-refractivity contribution is 0.0931. The Kier molecular flexibility index (Phi) is 4.84. The van der Waals surface area contributed by atoms with Gasteiger partial charge in [0.1, 0.15) is 0 Å². The van der Waals surface area contributed by atoms with E-state index in [9.17, 15) is 13.2 Å². The molecule has 0 spiro atoms. The van der Waals surface area contributed by atoms with E-state index in [1.165, 1.54) is 28.1 Å². The van der Waals surface area contributed by atoms with E-state index < -0.39 is 10.0 Å². The lowest BCUT2D eigenvalue weighted by Crippen LogP contribution is -2.35. The van der Waals surface area contributed by atoms with Gasteiger partial charge in [0.2, 0.25) is 10.0 Å². The summed E-state index contributed by atoms with van der Waals surface area (Å²) in [4.78, 5) is 13.0. The van der Waals surface area contributed by atoms with E-state index in [0.29, 0.717) is 18.0 Å². The Hall–Kier alpha value is -0.920. The standard InChI is InChI=1S/C15H22N2O3S2/c18-15(16-12-6-2-1-3-7-12)14-10-13(11-21-14)22(19,20)17-8-4-5-9-17/h10-12H,1-9H2,(H,16,18). The molecule has 1 aromatic rings. The molecule has 0 unspecified atom stereocenters. The van der Waals surface area contributed by atoms with Crippen LogP contribution in [-0.2, 0) is 10.0 Å². The van der Waals surface area contributed by atoms with Crippen LogP contribution >= 0.6 is 11.3 Å². The molecule has 122 valence electrons. The van der Waals surface area contributed by atoms with Crippen LogP contribution in [0.25, 0.3) is 0 Å². The van der Waals surface area contributed by atoms with Gasteiger partial charge in [-0.1, -0.05) is 19.3 Å². The molecule has 1 aliphatic heterocycles. The van der Waals surface area contributed by atoms with Gasteiger partial charge in [-0.15, -0.1) is 11.3 Å². The van der Waals surface area contributed by atoms with Gasteiger partial charge < -0.3 is 5.32 Å². The van der Waals surface area contributed by atoms with Crippen LogP contribution in [0.4, 0.5) is 0 Å². The lowest BCUT2D eigenvalue weighted by atomic mass is 9.95. The molecule has 1 N–H and O–H groups in total. The highest BCUT2D eigenvalue weighted by Gasteiger charge is 2.29. The number of carbonyl (C=O) groups is 1. The summed E-state index contributed by atoms with van der Waals surface area (Å²) in [5.41, 5.74) is 0. The largest absolute Gasteiger partial charge is 0.349 e. The molecule has 7 heteroatoms. The van der Waals surface area contributed by atoms with Crippen molar-refractivity contribution < 1.29 is 13.2 Å². The SMILES string of the molecule is O=C(NC1CCCCC1)c1cc(S(=O)(=O)N2CCCC2)cs1. The number of sulfonamides is 1. The number of nitrogens with one attached hydrogen (secondary N) is 1. The number of carbonyl (C=O) groups excluding carboxylic acids is 1. The van der Waals surface area contributed by atoms with E-state index in [1.54, 1.807) is 5.38 Å². The summed E-state index contributed by atoms with van der Waals surface area (Å²) in [5, 5.41) is 4.62. The number of amides is 1. The van der Waals surface area contributed by atoms with Gasteiger partial charge in [-0.2, -0.15) is 4.31 Å². The van der Waals surface area contributed by atoms with Crippen LogP contribution in [0.15, 0.2) is 16.3 Å². The van der Waals surface area contributed by atoms with Crippen LogP contribution in [0, 0.1) is 0 Å². The molecule has 0 atom stereocenters. The third-order valence-corrected chi connectivity index (χ3v) is 7.40. The lowest BCUT2D eigenvalue weighted by Gasteiger charge is -2.22. The van der Waals surface area contributed by atoms with Crippen molar-refractivity contribution in [2.75, 3.05) is 13.1 Å². The maximum Gasteiger partial charge on any atom is 0.261 e. The van der Waals surface area contributed by atoms with Crippen molar-refractivity contribution in [1.29, 1.82) is 0 Å². The Morgan fingerprint density at radius 1 is 1.14 bits per heavy atom. The van der Waals surface area contributed by atoms with Gasteiger partial charge in [-0.05, 0) is 31.7 Å². The van der Waals surface area contributed by atoms with Gasteiger partial charge >= 0.3 is 0 Å². The first-order valence-corrected chi connectivity index (χ1v) is 10.3. The van der Waals surface area contributed by atoms with Crippen LogP contribution in [0.3, 0.4) is 0 Å². The third kappa shape index (κ3) is 3.36. The minimum Gasteiger partial charge on any atom is -0.349 e. The molecule has 0 radical (unpaired) electrons. The smallest absolute Gasteiger partial charge is 0.261 e. The van der Waals surface area contributed by atoms with Crippen molar-refractivity contribution in [2.24, 2.45) is 0 Å². The molecule has 5 nitrogen and oxygen atoms in total. The molecule has 1 aromatic heterocycles. The zero-order valence-electron chi connectivity index (χ0n) is 12.6. The van der Waals surface area contributed by atoms with E-state index in [4.69, 9.17) is 0 Å². The van der Waals surface area contributed by atoms with E-state index in [-0.39, 0.29) is 16.8 Å². The van der Waals surface area contributed by atoms with E-state index in [2.05, 4.69) is 5.32 Å². The molecule has 1 saturated carbocycles. The number of thiophene rings is 1. The van der Waals surface area contributed by atoms with E-state index in [0.717, 1.165) is 38.5 Å². The molecule has 1 saturated heterocycles. The highest BCUT2D eigenvalue weighted by atomic mass is 32.2. The molecule has 1 aliphatic carbocycles. The number of hydrogen-bond donors (Lipinski definition) is 1. The van der Waals surface area contributed by atoms with Crippen molar-refractivity contribution in [3.63, 3.8) is 0 Å². The monoisotopic (exact) mass is 342 g/mol. The van der Waals surface area contributed by atoms with Crippen molar-refractivity contribution in [3.05, 3.63) is 16.3 Å². The third-order valence-electron chi connectivity index (χ3n) is 4.44. The van der Waals surface area contributed by atoms with Gasteiger partial charge in [-0.25, -0.2) is 8.42 Å². The van der Waals surface area contributed by atoms with Gasteiger partial charge in [-0.3, -0.25) is 4.79 Å². The summed E-state index contributed by atoms with van der Waals surface area (Å²) in [6, 6.07) is 1.76. The van der Waals surface area contributed by atoms with Crippen LogP contribution < -0.4 is 5.32 Å². The van der Waals surface area contributed by atoms with E-state index in [1.807, 2.05) is 0 Å². The van der Waals surface area contributed by atoms with Gasteiger partial charge in [0.05, 0.1) is 9.77 Å². The topological polar surface area (TPSA) is 66.5 Å². The highest BCUT2D eigenvalue weighted by Crippen LogP contribution is 2.26. The Morgan fingerprint density at radius 3 is 2.50 bits per heavy atom. The Morgan fingerprint density at radius 2 is 1.82 bits per heavy atom. The van der Waals surface area contributed by atoms with Gasteiger partial charge in [0.15, 0.2) is 0 Å². The van der Waals surface area contributed by atoms with Crippen molar-refractivity contribution in [2.45, 2.75) is 55.9 Å². The second-order valence-corrected chi connectivity index (χ2v) is 8.92. The molecule has 1 amide bonds. The molecule has 0 bridgehead atoms. The average molecular weight is 342 g/mol. The fourth-order valence-electron chi connectivity index (χ4n) is 3.15. The zero-order chi connectivity index (χ0) is 15.6. The second-order valence-electron chi connectivity index (χ2n) is 6.07. The van der Waals surface area contributed by atoms with E-state index >= 15 is 0 Å². The molecular weight excluding hydrogens is 320 g/mol. The number of hydrogen-bond acceptors (Lipinski definition) is 4. The molecular formula is C15H22N2O3S2. The molecule has 2 aliphatic rings. The maximum atomic E-state index is 12.5. The Balaban J connectivity index is 1.68. The fraction of sp³-hybridized carbons (Fsp3) is 0.667. The Bertz CT molecular complexity index is 627.